The highest BCUT2D eigenvalue weighted by atomic mass is 15.3. The Balaban J connectivity index is 2.00. The summed E-state index contributed by atoms with van der Waals surface area (Å²) in [5, 5.41) is 0. The van der Waals surface area contributed by atoms with Gasteiger partial charge in [-0.05, 0) is 38.6 Å². The summed E-state index contributed by atoms with van der Waals surface area (Å²) in [6.45, 7) is 10.7. The molecular weight excluding hydrogens is 210 g/mol. The molecule has 2 fully saturated rings. The van der Waals surface area contributed by atoms with E-state index in [4.69, 9.17) is 5.73 Å². The lowest BCUT2D eigenvalue weighted by atomic mass is 9.72. The maximum absolute atomic E-state index is 6.36. The second-order valence-electron chi connectivity index (χ2n) is 6.96. The SMILES string of the molecule is CC1CN(C2CC(C)(C)CCC2N)CCN1C. The standard InChI is InChI=1S/C14H29N3/c1-11-10-17(8-7-16(11)4)13-9-14(2,3)6-5-12(13)15/h11-13H,5-10,15H2,1-4H3. The van der Waals surface area contributed by atoms with Gasteiger partial charge in [0.15, 0.2) is 0 Å². The first-order valence-corrected chi connectivity index (χ1v) is 7.09. The number of piperazine rings is 1. The molecule has 3 atom stereocenters. The lowest BCUT2D eigenvalue weighted by molar-refractivity contribution is 0.0230. The van der Waals surface area contributed by atoms with Crippen LogP contribution in [-0.2, 0) is 0 Å². The Hall–Kier alpha value is -0.120. The Morgan fingerprint density at radius 2 is 1.94 bits per heavy atom. The van der Waals surface area contributed by atoms with E-state index in [1.54, 1.807) is 0 Å². The quantitative estimate of drug-likeness (QED) is 0.753. The van der Waals surface area contributed by atoms with Gasteiger partial charge in [0.1, 0.15) is 0 Å². The zero-order valence-corrected chi connectivity index (χ0v) is 11.9. The van der Waals surface area contributed by atoms with E-state index < -0.39 is 0 Å². The van der Waals surface area contributed by atoms with Gasteiger partial charge in [0.2, 0.25) is 0 Å². The van der Waals surface area contributed by atoms with E-state index in [0.29, 0.717) is 23.5 Å². The summed E-state index contributed by atoms with van der Waals surface area (Å²) < 4.78 is 0. The summed E-state index contributed by atoms with van der Waals surface area (Å²) in [4.78, 5) is 5.10. The van der Waals surface area contributed by atoms with Crippen LogP contribution >= 0.6 is 0 Å². The molecule has 2 N–H and O–H groups in total. The van der Waals surface area contributed by atoms with Crippen molar-refractivity contribution in [2.45, 2.75) is 58.2 Å². The van der Waals surface area contributed by atoms with Gasteiger partial charge in [-0.2, -0.15) is 0 Å². The third kappa shape index (κ3) is 3.01. The average Bonchev–Trinajstić information content (AvgIpc) is 2.26. The summed E-state index contributed by atoms with van der Waals surface area (Å²) in [6, 6.07) is 1.66. The van der Waals surface area contributed by atoms with Gasteiger partial charge in [0.25, 0.3) is 0 Å². The minimum Gasteiger partial charge on any atom is -0.326 e. The number of nitrogens with two attached hydrogens (primary N) is 1. The third-order valence-electron chi connectivity index (χ3n) is 4.87. The fraction of sp³-hybridized carbons (Fsp3) is 1.00. The van der Waals surface area contributed by atoms with Crippen LogP contribution in [0, 0.1) is 5.41 Å². The number of hydrogen-bond donors (Lipinski definition) is 1. The topological polar surface area (TPSA) is 32.5 Å². The van der Waals surface area contributed by atoms with Crippen molar-refractivity contribution in [3.05, 3.63) is 0 Å². The van der Waals surface area contributed by atoms with Gasteiger partial charge >= 0.3 is 0 Å². The monoisotopic (exact) mass is 239 g/mol. The second kappa shape index (κ2) is 4.87. The van der Waals surface area contributed by atoms with Gasteiger partial charge in [-0.15, -0.1) is 0 Å². The fourth-order valence-electron chi connectivity index (χ4n) is 3.35. The van der Waals surface area contributed by atoms with Crippen LogP contribution in [-0.4, -0.2) is 54.6 Å². The van der Waals surface area contributed by atoms with Crippen LogP contribution in [0.3, 0.4) is 0 Å². The van der Waals surface area contributed by atoms with Crippen molar-refractivity contribution in [2.75, 3.05) is 26.7 Å². The van der Waals surface area contributed by atoms with Crippen LogP contribution in [0.1, 0.15) is 40.0 Å². The molecule has 1 heterocycles. The molecule has 0 aromatic rings. The van der Waals surface area contributed by atoms with Gasteiger partial charge in [0, 0.05) is 37.8 Å². The zero-order chi connectivity index (χ0) is 12.6. The molecule has 0 radical (unpaired) electrons. The lowest BCUT2D eigenvalue weighted by Gasteiger charge is -2.48. The molecule has 3 nitrogen and oxygen atoms in total. The predicted molar refractivity (Wildman–Crippen MR) is 73.1 cm³/mol. The highest BCUT2D eigenvalue weighted by molar-refractivity contribution is 4.95. The molecule has 1 saturated heterocycles. The second-order valence-corrected chi connectivity index (χ2v) is 6.96. The average molecular weight is 239 g/mol. The van der Waals surface area contributed by atoms with Crippen LogP contribution in [0.5, 0.6) is 0 Å². The predicted octanol–water partition coefficient (Wildman–Crippen LogP) is 1.53. The van der Waals surface area contributed by atoms with E-state index in [1.165, 1.54) is 38.9 Å². The van der Waals surface area contributed by atoms with Gasteiger partial charge in [-0.25, -0.2) is 0 Å². The van der Waals surface area contributed by atoms with Crippen molar-refractivity contribution in [2.24, 2.45) is 11.1 Å². The number of nitrogens with zero attached hydrogens (tertiary/aromatic N) is 2. The molecule has 1 saturated carbocycles. The molecule has 0 amide bonds. The molecule has 2 aliphatic rings. The summed E-state index contributed by atoms with van der Waals surface area (Å²) >= 11 is 0. The minimum absolute atomic E-state index is 0.388. The van der Waals surface area contributed by atoms with Crippen molar-refractivity contribution in [1.82, 2.24) is 9.80 Å². The van der Waals surface area contributed by atoms with Gasteiger partial charge < -0.3 is 10.6 Å². The van der Waals surface area contributed by atoms with Gasteiger partial charge in [-0.3, -0.25) is 4.90 Å². The van der Waals surface area contributed by atoms with E-state index in [1.807, 2.05) is 0 Å². The highest BCUT2D eigenvalue weighted by Crippen LogP contribution is 2.37. The van der Waals surface area contributed by atoms with Crippen LogP contribution in [0.4, 0.5) is 0 Å². The molecule has 17 heavy (non-hydrogen) atoms. The van der Waals surface area contributed by atoms with E-state index in [2.05, 4.69) is 37.6 Å². The van der Waals surface area contributed by atoms with Crippen LogP contribution in [0.15, 0.2) is 0 Å². The molecule has 1 aliphatic heterocycles. The van der Waals surface area contributed by atoms with Crippen molar-refractivity contribution in [3.63, 3.8) is 0 Å². The minimum atomic E-state index is 0.388. The number of hydrogen-bond acceptors (Lipinski definition) is 3. The highest BCUT2D eigenvalue weighted by Gasteiger charge is 2.37. The number of likely N-dealkylation sites (N-methyl/N-ethyl adjacent to an activating group) is 1. The molecule has 2 rings (SSSR count). The molecular formula is C14H29N3. The maximum atomic E-state index is 6.36. The van der Waals surface area contributed by atoms with Crippen molar-refractivity contribution in [1.29, 1.82) is 0 Å². The van der Waals surface area contributed by atoms with E-state index in [0.717, 1.165) is 0 Å². The van der Waals surface area contributed by atoms with Crippen LogP contribution < -0.4 is 5.73 Å². The first kappa shape index (κ1) is 13.3. The molecule has 0 aromatic heterocycles. The van der Waals surface area contributed by atoms with E-state index in [9.17, 15) is 0 Å². The fourth-order valence-corrected chi connectivity index (χ4v) is 3.35. The van der Waals surface area contributed by atoms with Crippen molar-refractivity contribution < 1.29 is 0 Å². The van der Waals surface area contributed by atoms with Crippen LogP contribution in [0.2, 0.25) is 0 Å². The maximum Gasteiger partial charge on any atom is 0.0253 e. The molecule has 0 aromatic carbocycles. The summed E-state index contributed by atoms with van der Waals surface area (Å²) in [5.74, 6) is 0. The Morgan fingerprint density at radius 1 is 1.24 bits per heavy atom. The third-order valence-corrected chi connectivity index (χ3v) is 4.87. The first-order valence-electron chi connectivity index (χ1n) is 7.09. The Labute approximate surface area is 106 Å². The van der Waals surface area contributed by atoms with Gasteiger partial charge in [-0.1, -0.05) is 13.8 Å². The number of rotatable bonds is 1. The summed E-state index contributed by atoms with van der Waals surface area (Å²) in [5.41, 5.74) is 6.84. The zero-order valence-electron chi connectivity index (χ0n) is 11.9. The smallest absolute Gasteiger partial charge is 0.0253 e. The molecule has 3 heteroatoms. The van der Waals surface area contributed by atoms with Crippen LogP contribution in [0.25, 0.3) is 0 Å². The Morgan fingerprint density at radius 3 is 2.59 bits per heavy atom. The summed E-state index contributed by atoms with van der Waals surface area (Å²) in [6.07, 6.45) is 3.75. The van der Waals surface area contributed by atoms with Crippen molar-refractivity contribution in [3.8, 4) is 0 Å². The normalized spacial score (nSPS) is 40.4. The van der Waals surface area contributed by atoms with E-state index >= 15 is 0 Å². The Bertz CT molecular complexity index is 264. The largest absolute Gasteiger partial charge is 0.326 e. The lowest BCUT2D eigenvalue weighted by Crippen LogP contribution is -2.60. The van der Waals surface area contributed by atoms with Gasteiger partial charge in [0.05, 0.1) is 0 Å². The Kier molecular flexibility index (Phi) is 3.81. The van der Waals surface area contributed by atoms with E-state index in [-0.39, 0.29) is 0 Å². The molecule has 100 valence electrons. The molecule has 3 unspecified atom stereocenters. The molecule has 0 bridgehead atoms. The molecule has 0 spiro atoms. The first-order chi connectivity index (χ1) is 7.89. The van der Waals surface area contributed by atoms with Crippen molar-refractivity contribution >= 4 is 0 Å². The molecule has 1 aliphatic carbocycles. The summed E-state index contributed by atoms with van der Waals surface area (Å²) in [7, 11) is 2.23.